The molecule has 1 aromatic rings. The lowest BCUT2D eigenvalue weighted by atomic mass is 9.97. The van der Waals surface area contributed by atoms with Gasteiger partial charge in [0.15, 0.2) is 6.61 Å². The molecule has 1 fully saturated rings. The van der Waals surface area contributed by atoms with Gasteiger partial charge in [0.25, 0.3) is 5.91 Å². The average molecular weight is 325 g/mol. The van der Waals surface area contributed by atoms with Crippen LogP contribution in [-0.2, 0) is 19.1 Å². The van der Waals surface area contributed by atoms with Crippen molar-refractivity contribution in [2.45, 2.75) is 19.8 Å². The SMILES string of the molecule is CCOC(=O)C1CCN(C(=O)COC(=O)c2cccs2)CC1. The van der Waals surface area contributed by atoms with E-state index >= 15 is 0 Å². The highest BCUT2D eigenvalue weighted by Gasteiger charge is 2.28. The summed E-state index contributed by atoms with van der Waals surface area (Å²) in [6, 6.07) is 3.41. The van der Waals surface area contributed by atoms with Crippen LogP contribution in [0.15, 0.2) is 17.5 Å². The number of nitrogens with zero attached hydrogens (tertiary/aromatic N) is 1. The van der Waals surface area contributed by atoms with E-state index in [0.717, 1.165) is 0 Å². The summed E-state index contributed by atoms with van der Waals surface area (Å²) in [4.78, 5) is 37.4. The third-order valence-corrected chi connectivity index (χ3v) is 4.37. The molecule has 2 heterocycles. The molecule has 1 aromatic heterocycles. The fraction of sp³-hybridized carbons (Fsp3) is 0.533. The molecule has 0 bridgehead atoms. The number of carbonyl (C=O) groups excluding carboxylic acids is 3. The normalized spacial score (nSPS) is 15.4. The molecule has 0 atom stereocenters. The van der Waals surface area contributed by atoms with Gasteiger partial charge < -0.3 is 14.4 Å². The van der Waals surface area contributed by atoms with E-state index < -0.39 is 5.97 Å². The minimum atomic E-state index is -0.482. The van der Waals surface area contributed by atoms with Crippen molar-refractivity contribution in [3.8, 4) is 0 Å². The van der Waals surface area contributed by atoms with Crippen molar-refractivity contribution in [3.63, 3.8) is 0 Å². The minimum Gasteiger partial charge on any atom is -0.466 e. The number of thiophene rings is 1. The largest absolute Gasteiger partial charge is 0.466 e. The molecule has 0 radical (unpaired) electrons. The Morgan fingerprint density at radius 1 is 1.27 bits per heavy atom. The van der Waals surface area contributed by atoms with Gasteiger partial charge in [-0.15, -0.1) is 11.3 Å². The molecule has 1 aliphatic heterocycles. The fourth-order valence-corrected chi connectivity index (χ4v) is 2.93. The van der Waals surface area contributed by atoms with Crippen LogP contribution < -0.4 is 0 Å². The number of esters is 2. The number of hydrogen-bond donors (Lipinski definition) is 0. The maximum atomic E-state index is 12.0. The number of piperidine rings is 1. The van der Waals surface area contributed by atoms with Crippen LogP contribution in [0.1, 0.15) is 29.4 Å². The van der Waals surface area contributed by atoms with E-state index in [1.807, 2.05) is 0 Å². The van der Waals surface area contributed by atoms with Crippen molar-refractivity contribution in [3.05, 3.63) is 22.4 Å². The Labute approximate surface area is 133 Å². The molecule has 0 aromatic carbocycles. The fourth-order valence-electron chi connectivity index (χ4n) is 2.31. The van der Waals surface area contributed by atoms with Crippen LogP contribution in [0.4, 0.5) is 0 Å². The highest BCUT2D eigenvalue weighted by atomic mass is 32.1. The second-order valence-corrected chi connectivity index (χ2v) is 5.91. The van der Waals surface area contributed by atoms with E-state index in [1.54, 1.807) is 29.3 Å². The molecule has 7 heteroatoms. The summed E-state index contributed by atoms with van der Waals surface area (Å²) in [6.45, 7) is 2.85. The predicted octanol–water partition coefficient (Wildman–Crippen LogP) is 1.71. The maximum absolute atomic E-state index is 12.0. The minimum absolute atomic E-state index is 0.141. The third kappa shape index (κ3) is 4.30. The first-order valence-corrected chi connectivity index (χ1v) is 8.14. The lowest BCUT2D eigenvalue weighted by Gasteiger charge is -2.30. The van der Waals surface area contributed by atoms with Gasteiger partial charge in [0.2, 0.25) is 0 Å². The Morgan fingerprint density at radius 3 is 2.59 bits per heavy atom. The van der Waals surface area contributed by atoms with Crippen molar-refractivity contribution in [1.82, 2.24) is 4.90 Å². The van der Waals surface area contributed by atoms with Crippen molar-refractivity contribution in [2.75, 3.05) is 26.3 Å². The van der Waals surface area contributed by atoms with Crippen molar-refractivity contribution in [1.29, 1.82) is 0 Å². The Bertz CT molecular complexity index is 520. The molecule has 1 saturated heterocycles. The van der Waals surface area contributed by atoms with E-state index in [1.165, 1.54) is 11.3 Å². The molecule has 0 saturated carbocycles. The lowest BCUT2D eigenvalue weighted by molar-refractivity contribution is -0.151. The molecule has 6 nitrogen and oxygen atoms in total. The third-order valence-electron chi connectivity index (χ3n) is 3.52. The van der Waals surface area contributed by atoms with Crippen LogP contribution in [0.25, 0.3) is 0 Å². The zero-order valence-electron chi connectivity index (χ0n) is 12.4. The monoisotopic (exact) mass is 325 g/mol. The van der Waals surface area contributed by atoms with E-state index in [0.29, 0.717) is 37.4 Å². The molecule has 1 aliphatic rings. The maximum Gasteiger partial charge on any atom is 0.348 e. The Kier molecular flexibility index (Phi) is 5.94. The lowest BCUT2D eigenvalue weighted by Crippen LogP contribution is -2.42. The van der Waals surface area contributed by atoms with Gasteiger partial charge in [0.05, 0.1) is 12.5 Å². The van der Waals surface area contributed by atoms with E-state index in [4.69, 9.17) is 9.47 Å². The van der Waals surface area contributed by atoms with Gasteiger partial charge in [-0.25, -0.2) is 4.79 Å². The summed E-state index contributed by atoms with van der Waals surface area (Å²) in [7, 11) is 0. The van der Waals surface area contributed by atoms with Crippen LogP contribution in [0.2, 0.25) is 0 Å². The number of amides is 1. The first-order chi connectivity index (χ1) is 10.6. The quantitative estimate of drug-likeness (QED) is 0.771. The highest BCUT2D eigenvalue weighted by molar-refractivity contribution is 7.11. The van der Waals surface area contributed by atoms with Crippen LogP contribution in [0.5, 0.6) is 0 Å². The topological polar surface area (TPSA) is 72.9 Å². The smallest absolute Gasteiger partial charge is 0.348 e. The summed E-state index contributed by atoms with van der Waals surface area (Å²) in [5.41, 5.74) is 0. The summed E-state index contributed by atoms with van der Waals surface area (Å²) in [5.74, 6) is -1.05. The Hall–Kier alpha value is -1.89. The Morgan fingerprint density at radius 2 is 2.00 bits per heavy atom. The summed E-state index contributed by atoms with van der Waals surface area (Å²) in [5, 5.41) is 1.78. The van der Waals surface area contributed by atoms with Gasteiger partial charge in [0.1, 0.15) is 4.88 Å². The second kappa shape index (κ2) is 7.93. The van der Waals surface area contributed by atoms with Crippen molar-refractivity contribution >= 4 is 29.2 Å². The summed E-state index contributed by atoms with van der Waals surface area (Å²) >= 11 is 1.28. The molecule has 2 rings (SSSR count). The van der Waals surface area contributed by atoms with E-state index in [9.17, 15) is 14.4 Å². The van der Waals surface area contributed by atoms with Gasteiger partial charge >= 0.3 is 11.9 Å². The van der Waals surface area contributed by atoms with Crippen molar-refractivity contribution < 1.29 is 23.9 Å². The van der Waals surface area contributed by atoms with Gasteiger partial charge in [-0.05, 0) is 31.2 Å². The molecule has 0 unspecified atom stereocenters. The molecule has 0 N–H and O–H groups in total. The zero-order chi connectivity index (χ0) is 15.9. The summed E-state index contributed by atoms with van der Waals surface area (Å²) < 4.78 is 9.99. The number of rotatable bonds is 5. The molecule has 1 amide bonds. The van der Waals surface area contributed by atoms with Gasteiger partial charge in [-0.2, -0.15) is 0 Å². The van der Waals surface area contributed by atoms with Gasteiger partial charge in [0, 0.05) is 13.1 Å². The second-order valence-electron chi connectivity index (χ2n) is 4.96. The zero-order valence-corrected chi connectivity index (χ0v) is 13.3. The molecular formula is C15H19NO5S. The standard InChI is InChI=1S/C15H19NO5S/c1-2-20-14(18)11-5-7-16(8-6-11)13(17)10-21-15(19)12-4-3-9-22-12/h3-4,9,11H,2,5-8,10H2,1H3. The Balaban J connectivity index is 1.73. The molecule has 0 spiro atoms. The van der Waals surface area contributed by atoms with Crippen LogP contribution in [0, 0.1) is 5.92 Å². The average Bonchev–Trinajstić information content (AvgIpc) is 3.07. The molecule has 22 heavy (non-hydrogen) atoms. The first-order valence-electron chi connectivity index (χ1n) is 7.27. The number of hydrogen-bond acceptors (Lipinski definition) is 6. The summed E-state index contributed by atoms with van der Waals surface area (Å²) in [6.07, 6.45) is 1.17. The molecule has 120 valence electrons. The number of ether oxygens (including phenoxy) is 2. The van der Waals surface area contributed by atoms with Crippen LogP contribution in [-0.4, -0.2) is 49.0 Å². The van der Waals surface area contributed by atoms with E-state index in [-0.39, 0.29) is 24.4 Å². The molecule has 0 aliphatic carbocycles. The van der Waals surface area contributed by atoms with Gasteiger partial charge in [-0.1, -0.05) is 6.07 Å². The van der Waals surface area contributed by atoms with E-state index in [2.05, 4.69) is 0 Å². The number of carbonyl (C=O) groups is 3. The number of likely N-dealkylation sites (tertiary alicyclic amines) is 1. The predicted molar refractivity (Wildman–Crippen MR) is 80.5 cm³/mol. The highest BCUT2D eigenvalue weighted by Crippen LogP contribution is 2.19. The first kappa shape index (κ1) is 16.5. The van der Waals surface area contributed by atoms with Gasteiger partial charge in [-0.3, -0.25) is 9.59 Å². The van der Waals surface area contributed by atoms with Crippen LogP contribution >= 0.6 is 11.3 Å². The van der Waals surface area contributed by atoms with Crippen LogP contribution in [0.3, 0.4) is 0 Å². The molecular weight excluding hydrogens is 306 g/mol. The van der Waals surface area contributed by atoms with Crippen molar-refractivity contribution in [2.24, 2.45) is 5.92 Å².